The molecule has 0 saturated carbocycles. The summed E-state index contributed by atoms with van der Waals surface area (Å²) in [5.41, 5.74) is 6.53. The zero-order chi connectivity index (χ0) is 13.4. The molecular weight excluding hydrogens is 232 g/mol. The molecule has 1 amide bonds. The highest BCUT2D eigenvalue weighted by Crippen LogP contribution is 2.31. The van der Waals surface area contributed by atoms with Crippen LogP contribution in [0.3, 0.4) is 0 Å². The number of nitrogens with one attached hydrogen (secondary N) is 1. The summed E-state index contributed by atoms with van der Waals surface area (Å²) in [5, 5.41) is 2.54. The summed E-state index contributed by atoms with van der Waals surface area (Å²) in [5.74, 6) is 1.24. The van der Waals surface area contributed by atoms with Crippen molar-refractivity contribution in [1.29, 1.82) is 0 Å². The third-order valence-corrected chi connectivity index (χ3v) is 2.43. The molecule has 18 heavy (non-hydrogen) atoms. The first-order valence-corrected chi connectivity index (χ1v) is 6.01. The fourth-order valence-corrected chi connectivity index (χ4v) is 1.53. The van der Waals surface area contributed by atoms with E-state index in [0.29, 0.717) is 37.7 Å². The third-order valence-electron chi connectivity index (χ3n) is 2.43. The van der Waals surface area contributed by atoms with Crippen molar-refractivity contribution in [3.8, 4) is 11.5 Å². The number of hydrogen-bond acceptors (Lipinski definition) is 4. The summed E-state index contributed by atoms with van der Waals surface area (Å²) < 4.78 is 11.1. The standard InChI is InChI=1S/C13H20N2O3/c1-3-17-11-6-4-5-10(9-14)13(11)18-8-7-12(16)15-2/h4-6H,3,7-9,14H2,1-2H3,(H,15,16). The van der Waals surface area contributed by atoms with E-state index in [2.05, 4.69) is 5.32 Å². The molecule has 100 valence electrons. The molecule has 0 aromatic heterocycles. The summed E-state index contributed by atoms with van der Waals surface area (Å²) in [6, 6.07) is 5.59. The summed E-state index contributed by atoms with van der Waals surface area (Å²) >= 11 is 0. The van der Waals surface area contributed by atoms with Gasteiger partial charge < -0.3 is 20.5 Å². The molecule has 0 aliphatic rings. The average Bonchev–Trinajstić information content (AvgIpc) is 2.40. The van der Waals surface area contributed by atoms with Gasteiger partial charge in [0.2, 0.25) is 5.91 Å². The smallest absolute Gasteiger partial charge is 0.223 e. The predicted octanol–water partition coefficient (Wildman–Crippen LogP) is 1.06. The molecule has 5 heteroatoms. The zero-order valence-corrected chi connectivity index (χ0v) is 10.9. The van der Waals surface area contributed by atoms with Crippen molar-refractivity contribution in [3.63, 3.8) is 0 Å². The van der Waals surface area contributed by atoms with Crippen LogP contribution in [0.4, 0.5) is 0 Å². The minimum Gasteiger partial charge on any atom is -0.490 e. The van der Waals surface area contributed by atoms with Crippen molar-refractivity contribution >= 4 is 5.91 Å². The minimum absolute atomic E-state index is 0.0572. The lowest BCUT2D eigenvalue weighted by Gasteiger charge is -2.14. The maximum Gasteiger partial charge on any atom is 0.223 e. The minimum atomic E-state index is -0.0572. The van der Waals surface area contributed by atoms with Crippen LogP contribution in [0.1, 0.15) is 18.9 Å². The lowest BCUT2D eigenvalue weighted by Crippen LogP contribution is -2.20. The first-order chi connectivity index (χ1) is 8.72. The van der Waals surface area contributed by atoms with Crippen LogP contribution in [0.5, 0.6) is 11.5 Å². The van der Waals surface area contributed by atoms with Gasteiger partial charge in [-0.25, -0.2) is 0 Å². The molecule has 0 spiro atoms. The molecule has 1 rings (SSSR count). The van der Waals surface area contributed by atoms with Gasteiger partial charge >= 0.3 is 0 Å². The Morgan fingerprint density at radius 2 is 2.17 bits per heavy atom. The second-order valence-corrected chi connectivity index (χ2v) is 3.65. The van der Waals surface area contributed by atoms with E-state index in [4.69, 9.17) is 15.2 Å². The van der Waals surface area contributed by atoms with Gasteiger partial charge in [0.15, 0.2) is 11.5 Å². The zero-order valence-electron chi connectivity index (χ0n) is 10.9. The monoisotopic (exact) mass is 252 g/mol. The van der Waals surface area contributed by atoms with Crippen LogP contribution >= 0.6 is 0 Å². The van der Waals surface area contributed by atoms with E-state index in [0.717, 1.165) is 5.56 Å². The molecule has 0 radical (unpaired) electrons. The van der Waals surface area contributed by atoms with Gasteiger partial charge in [-0.1, -0.05) is 12.1 Å². The first-order valence-electron chi connectivity index (χ1n) is 6.01. The van der Waals surface area contributed by atoms with Gasteiger partial charge in [-0.05, 0) is 13.0 Å². The Morgan fingerprint density at radius 3 is 2.78 bits per heavy atom. The fourth-order valence-electron chi connectivity index (χ4n) is 1.53. The molecule has 0 bridgehead atoms. The molecule has 0 unspecified atom stereocenters. The molecular formula is C13H20N2O3. The number of rotatable bonds is 7. The Labute approximate surface area is 107 Å². The number of amides is 1. The lowest BCUT2D eigenvalue weighted by atomic mass is 10.2. The number of nitrogens with two attached hydrogens (primary N) is 1. The first kappa shape index (κ1) is 14.3. The number of carbonyl (C=O) groups is 1. The van der Waals surface area contributed by atoms with Gasteiger partial charge in [-0.15, -0.1) is 0 Å². The Kier molecular flexibility index (Phi) is 6.00. The van der Waals surface area contributed by atoms with Gasteiger partial charge in [0, 0.05) is 19.2 Å². The van der Waals surface area contributed by atoms with Crippen LogP contribution in [0.15, 0.2) is 18.2 Å². The van der Waals surface area contributed by atoms with Crippen molar-refractivity contribution in [2.45, 2.75) is 19.9 Å². The van der Waals surface area contributed by atoms with E-state index in [1.54, 1.807) is 7.05 Å². The summed E-state index contributed by atoms with van der Waals surface area (Å²) in [7, 11) is 1.60. The highest BCUT2D eigenvalue weighted by molar-refractivity contribution is 5.75. The molecule has 3 N–H and O–H groups in total. The maximum atomic E-state index is 11.1. The SMILES string of the molecule is CCOc1cccc(CN)c1OCCC(=O)NC. The molecule has 0 aliphatic heterocycles. The van der Waals surface area contributed by atoms with Crippen molar-refractivity contribution < 1.29 is 14.3 Å². The topological polar surface area (TPSA) is 73.6 Å². The highest BCUT2D eigenvalue weighted by atomic mass is 16.5. The maximum absolute atomic E-state index is 11.1. The van der Waals surface area contributed by atoms with Gasteiger partial charge in [0.1, 0.15) is 0 Å². The van der Waals surface area contributed by atoms with E-state index < -0.39 is 0 Å². The number of carbonyl (C=O) groups excluding carboxylic acids is 1. The van der Waals surface area contributed by atoms with Crippen LogP contribution in [0.25, 0.3) is 0 Å². The van der Waals surface area contributed by atoms with Crippen LogP contribution in [0, 0.1) is 0 Å². The van der Waals surface area contributed by atoms with Crippen LogP contribution in [-0.4, -0.2) is 26.2 Å². The van der Waals surface area contributed by atoms with Crippen molar-refractivity contribution in [2.75, 3.05) is 20.3 Å². The second-order valence-electron chi connectivity index (χ2n) is 3.65. The normalized spacial score (nSPS) is 9.94. The number of benzene rings is 1. The van der Waals surface area contributed by atoms with Gasteiger partial charge in [0.05, 0.1) is 19.6 Å². The average molecular weight is 252 g/mol. The van der Waals surface area contributed by atoms with Gasteiger partial charge in [0.25, 0.3) is 0 Å². The van der Waals surface area contributed by atoms with Crippen LogP contribution in [-0.2, 0) is 11.3 Å². The summed E-state index contributed by atoms with van der Waals surface area (Å²) in [4.78, 5) is 11.1. The Balaban J connectivity index is 2.74. The van der Waals surface area contributed by atoms with E-state index >= 15 is 0 Å². The number of para-hydroxylation sites is 1. The molecule has 0 aliphatic carbocycles. The molecule has 1 aromatic rings. The Bertz CT molecular complexity index is 394. The molecule has 0 heterocycles. The Hall–Kier alpha value is -1.75. The van der Waals surface area contributed by atoms with Gasteiger partial charge in [-0.3, -0.25) is 4.79 Å². The molecule has 0 saturated heterocycles. The van der Waals surface area contributed by atoms with Crippen molar-refractivity contribution in [3.05, 3.63) is 23.8 Å². The van der Waals surface area contributed by atoms with Crippen LogP contribution in [0.2, 0.25) is 0 Å². The third kappa shape index (κ3) is 3.92. The highest BCUT2D eigenvalue weighted by Gasteiger charge is 2.10. The van der Waals surface area contributed by atoms with E-state index in [1.165, 1.54) is 0 Å². The van der Waals surface area contributed by atoms with Crippen molar-refractivity contribution in [1.82, 2.24) is 5.32 Å². The largest absolute Gasteiger partial charge is 0.490 e. The predicted molar refractivity (Wildman–Crippen MR) is 69.7 cm³/mol. The lowest BCUT2D eigenvalue weighted by molar-refractivity contribution is -0.121. The Morgan fingerprint density at radius 1 is 1.39 bits per heavy atom. The molecule has 5 nitrogen and oxygen atoms in total. The fraction of sp³-hybridized carbons (Fsp3) is 0.462. The van der Waals surface area contributed by atoms with Gasteiger partial charge in [-0.2, -0.15) is 0 Å². The van der Waals surface area contributed by atoms with Crippen LogP contribution < -0.4 is 20.5 Å². The molecule has 0 atom stereocenters. The summed E-state index contributed by atoms with van der Waals surface area (Å²) in [6.07, 6.45) is 0.307. The number of hydrogen-bond donors (Lipinski definition) is 2. The molecule has 0 fully saturated rings. The second kappa shape index (κ2) is 7.55. The molecule has 1 aromatic carbocycles. The van der Waals surface area contributed by atoms with Crippen molar-refractivity contribution in [2.24, 2.45) is 5.73 Å². The van der Waals surface area contributed by atoms with E-state index in [9.17, 15) is 4.79 Å². The summed E-state index contributed by atoms with van der Waals surface area (Å²) in [6.45, 7) is 3.14. The van der Waals surface area contributed by atoms with E-state index in [-0.39, 0.29) is 5.91 Å². The van der Waals surface area contributed by atoms with E-state index in [1.807, 2.05) is 25.1 Å². The quantitative estimate of drug-likeness (QED) is 0.761. The number of ether oxygens (including phenoxy) is 2.